The zero-order valence-corrected chi connectivity index (χ0v) is 10.7. The van der Waals surface area contributed by atoms with Crippen LogP contribution in [-0.4, -0.2) is 18.4 Å². The Bertz CT molecular complexity index is 285. The Labute approximate surface area is 97.4 Å². The van der Waals surface area contributed by atoms with Crippen molar-refractivity contribution in [2.24, 2.45) is 16.4 Å². The Balaban J connectivity index is 2.52. The summed E-state index contributed by atoms with van der Waals surface area (Å²) >= 11 is 0. The number of rotatable bonds is 2. The summed E-state index contributed by atoms with van der Waals surface area (Å²) in [7, 11) is 0. The minimum atomic E-state index is -0.467. The van der Waals surface area contributed by atoms with E-state index in [1.165, 1.54) is 6.42 Å². The third kappa shape index (κ3) is 4.21. The summed E-state index contributed by atoms with van der Waals surface area (Å²) < 4.78 is 4.75. The third-order valence-corrected chi connectivity index (χ3v) is 2.75. The summed E-state index contributed by atoms with van der Waals surface area (Å²) in [5.74, 6) is 0.631. The minimum Gasteiger partial charge on any atom is -0.449 e. The maximum Gasteiger partial charge on any atom is 0.427 e. The van der Waals surface area contributed by atoms with Crippen LogP contribution in [0.1, 0.15) is 47.0 Å². The summed E-state index contributed by atoms with van der Waals surface area (Å²) in [6, 6.07) is 0. The number of carbonyl (C=O) groups is 1. The first-order valence-electron chi connectivity index (χ1n) is 5.91. The molecule has 1 atom stereocenters. The largest absolute Gasteiger partial charge is 0.449 e. The number of hydrogen-bond acceptors (Lipinski definition) is 3. The molecule has 1 saturated carbocycles. The van der Waals surface area contributed by atoms with Crippen LogP contribution in [0.2, 0.25) is 0 Å². The predicted molar refractivity (Wildman–Crippen MR) is 64.4 cm³/mol. The van der Waals surface area contributed by atoms with Gasteiger partial charge in [0, 0.05) is 5.71 Å². The average molecular weight is 226 g/mol. The normalized spacial score (nSPS) is 26.5. The van der Waals surface area contributed by atoms with Gasteiger partial charge in [-0.15, -0.1) is 0 Å². The van der Waals surface area contributed by atoms with Gasteiger partial charge >= 0.3 is 6.09 Å². The lowest BCUT2D eigenvalue weighted by Gasteiger charge is -2.34. The Morgan fingerprint density at radius 3 is 2.88 bits per heavy atom. The summed E-state index contributed by atoms with van der Waals surface area (Å²) in [6.45, 7) is 8.85. The number of nitrogens with zero attached hydrogens (tertiary/aromatic N) is 1. The molecule has 0 aromatic heterocycles. The maximum absolute atomic E-state index is 11.1. The van der Waals surface area contributed by atoms with Gasteiger partial charge in [0.05, 0.1) is 6.61 Å². The standard InChI is InChI=1S/C12H22N2O2/c1-5-16-11(15)14-13-10-6-9(2)7-12(3,4)8-10/h9H,5-8H2,1-4H3,(H,14,15)/b13-10+. The third-order valence-electron chi connectivity index (χ3n) is 2.75. The van der Waals surface area contributed by atoms with Gasteiger partial charge in [-0.25, -0.2) is 10.2 Å². The first-order valence-corrected chi connectivity index (χ1v) is 5.91. The molecule has 0 radical (unpaired) electrons. The van der Waals surface area contributed by atoms with Crippen molar-refractivity contribution in [3.8, 4) is 0 Å². The lowest BCUT2D eigenvalue weighted by molar-refractivity contribution is 0.152. The average Bonchev–Trinajstić information content (AvgIpc) is 2.12. The molecular weight excluding hydrogens is 204 g/mol. The van der Waals surface area contributed by atoms with E-state index >= 15 is 0 Å². The maximum atomic E-state index is 11.1. The zero-order valence-electron chi connectivity index (χ0n) is 10.7. The highest BCUT2D eigenvalue weighted by atomic mass is 16.5. The second-order valence-electron chi connectivity index (χ2n) is 5.36. The molecule has 92 valence electrons. The van der Waals surface area contributed by atoms with E-state index in [9.17, 15) is 4.79 Å². The monoisotopic (exact) mass is 226 g/mol. The van der Waals surface area contributed by atoms with Crippen LogP contribution in [0.25, 0.3) is 0 Å². The van der Waals surface area contributed by atoms with Crippen molar-refractivity contribution in [1.82, 2.24) is 5.43 Å². The van der Waals surface area contributed by atoms with E-state index in [1.807, 2.05) is 0 Å². The first kappa shape index (κ1) is 13.0. The molecule has 16 heavy (non-hydrogen) atoms. The number of ether oxygens (including phenoxy) is 1. The smallest absolute Gasteiger partial charge is 0.427 e. The van der Waals surface area contributed by atoms with Crippen LogP contribution < -0.4 is 5.43 Å². The molecule has 4 nitrogen and oxygen atoms in total. The van der Waals surface area contributed by atoms with Crippen LogP contribution in [0.3, 0.4) is 0 Å². The summed E-state index contributed by atoms with van der Waals surface area (Å²) in [4.78, 5) is 11.1. The highest BCUT2D eigenvalue weighted by molar-refractivity contribution is 5.86. The van der Waals surface area contributed by atoms with Gasteiger partial charge in [-0.05, 0) is 37.5 Å². The highest BCUT2D eigenvalue weighted by Crippen LogP contribution is 2.36. The molecule has 0 aromatic carbocycles. The molecule has 1 rings (SSSR count). The first-order chi connectivity index (χ1) is 7.43. The molecule has 0 spiro atoms. The second kappa shape index (κ2) is 5.32. The zero-order chi connectivity index (χ0) is 12.2. The molecule has 4 heteroatoms. The Kier molecular flexibility index (Phi) is 4.33. The van der Waals surface area contributed by atoms with E-state index in [4.69, 9.17) is 4.74 Å². The SMILES string of the molecule is CCOC(=O)N/N=C1\CC(C)CC(C)(C)C1. The fourth-order valence-electron chi connectivity index (χ4n) is 2.49. The van der Waals surface area contributed by atoms with Gasteiger partial charge in [0.1, 0.15) is 0 Å². The molecule has 1 aliphatic rings. The van der Waals surface area contributed by atoms with Gasteiger partial charge in [0.25, 0.3) is 0 Å². The lowest BCUT2D eigenvalue weighted by atomic mass is 9.72. The molecule has 1 fully saturated rings. The van der Waals surface area contributed by atoms with Gasteiger partial charge in [0.15, 0.2) is 0 Å². The van der Waals surface area contributed by atoms with Gasteiger partial charge in [0.2, 0.25) is 0 Å². The van der Waals surface area contributed by atoms with E-state index in [-0.39, 0.29) is 5.41 Å². The molecule has 0 saturated heterocycles. The Morgan fingerprint density at radius 2 is 2.31 bits per heavy atom. The fraction of sp³-hybridized carbons (Fsp3) is 0.833. The van der Waals surface area contributed by atoms with Crippen LogP contribution in [0.4, 0.5) is 4.79 Å². The van der Waals surface area contributed by atoms with Crippen molar-refractivity contribution in [3.63, 3.8) is 0 Å². The van der Waals surface area contributed by atoms with E-state index in [2.05, 4.69) is 31.3 Å². The second-order valence-corrected chi connectivity index (χ2v) is 5.36. The van der Waals surface area contributed by atoms with Crippen LogP contribution in [0.15, 0.2) is 5.10 Å². The van der Waals surface area contributed by atoms with E-state index < -0.39 is 6.09 Å². The van der Waals surface area contributed by atoms with Gasteiger partial charge < -0.3 is 4.74 Å². The van der Waals surface area contributed by atoms with Crippen molar-refractivity contribution in [2.45, 2.75) is 47.0 Å². The fourth-order valence-corrected chi connectivity index (χ4v) is 2.49. The molecule has 0 heterocycles. The Hall–Kier alpha value is -1.06. The van der Waals surface area contributed by atoms with Crippen molar-refractivity contribution < 1.29 is 9.53 Å². The van der Waals surface area contributed by atoms with E-state index in [1.54, 1.807) is 6.92 Å². The van der Waals surface area contributed by atoms with Crippen molar-refractivity contribution in [2.75, 3.05) is 6.61 Å². The van der Waals surface area contributed by atoms with E-state index in [0.717, 1.165) is 18.6 Å². The summed E-state index contributed by atoms with van der Waals surface area (Å²) in [6.07, 6.45) is 2.66. The molecule has 1 aliphatic carbocycles. The topological polar surface area (TPSA) is 50.7 Å². The molecule has 0 aliphatic heterocycles. The lowest BCUT2D eigenvalue weighted by Crippen LogP contribution is -2.30. The van der Waals surface area contributed by atoms with Crippen molar-refractivity contribution >= 4 is 11.8 Å². The quantitative estimate of drug-likeness (QED) is 0.736. The van der Waals surface area contributed by atoms with Crippen LogP contribution >= 0.6 is 0 Å². The number of amides is 1. The van der Waals surface area contributed by atoms with Gasteiger partial charge in [-0.3, -0.25) is 0 Å². The van der Waals surface area contributed by atoms with Crippen LogP contribution in [0.5, 0.6) is 0 Å². The molecule has 0 aromatic rings. The molecule has 1 unspecified atom stereocenters. The molecular formula is C12H22N2O2. The number of nitrogens with one attached hydrogen (secondary N) is 1. The van der Waals surface area contributed by atoms with Crippen molar-refractivity contribution in [3.05, 3.63) is 0 Å². The molecule has 1 amide bonds. The van der Waals surface area contributed by atoms with E-state index in [0.29, 0.717) is 12.5 Å². The summed E-state index contributed by atoms with van der Waals surface area (Å²) in [5.41, 5.74) is 3.79. The number of hydrogen-bond donors (Lipinski definition) is 1. The summed E-state index contributed by atoms with van der Waals surface area (Å²) in [5, 5.41) is 4.14. The number of carbonyl (C=O) groups excluding carboxylic acids is 1. The van der Waals surface area contributed by atoms with Crippen molar-refractivity contribution in [1.29, 1.82) is 0 Å². The van der Waals surface area contributed by atoms with Crippen LogP contribution in [0, 0.1) is 11.3 Å². The minimum absolute atomic E-state index is 0.285. The number of hydrazone groups is 1. The van der Waals surface area contributed by atoms with Gasteiger partial charge in [-0.1, -0.05) is 20.8 Å². The highest BCUT2D eigenvalue weighted by Gasteiger charge is 2.29. The molecule has 0 bridgehead atoms. The van der Waals surface area contributed by atoms with Crippen LogP contribution in [-0.2, 0) is 4.74 Å². The predicted octanol–water partition coefficient (Wildman–Crippen LogP) is 2.93. The van der Waals surface area contributed by atoms with Gasteiger partial charge in [-0.2, -0.15) is 5.10 Å². The molecule has 1 N–H and O–H groups in total. The Morgan fingerprint density at radius 1 is 1.62 bits per heavy atom.